The van der Waals surface area contributed by atoms with Crippen molar-refractivity contribution in [2.75, 3.05) is 0 Å². The molecule has 0 aliphatic rings. The molecule has 1 N–H and O–H groups in total. The molecule has 7 nitrogen and oxygen atoms in total. The molecule has 0 aliphatic carbocycles. The zero-order chi connectivity index (χ0) is 11.4. The third-order valence-electron chi connectivity index (χ3n) is 1.77. The summed E-state index contributed by atoms with van der Waals surface area (Å²) in [4.78, 5) is 23.1. The largest absolute Gasteiger partial charge is 0.342 e. The van der Waals surface area contributed by atoms with Gasteiger partial charge in [0.25, 0.3) is 5.91 Å². The molecule has 2 rings (SSSR count). The molecule has 0 radical (unpaired) electrons. The number of aromatic nitrogens is 4. The lowest BCUT2D eigenvalue weighted by molar-refractivity contribution is 0.0941. The summed E-state index contributed by atoms with van der Waals surface area (Å²) in [5, 5.41) is 6.19. The van der Waals surface area contributed by atoms with Crippen molar-refractivity contribution in [3.8, 4) is 0 Å². The number of nitrogens with zero attached hydrogens (tertiary/aromatic N) is 4. The first-order chi connectivity index (χ1) is 7.75. The first kappa shape index (κ1) is 10.2. The van der Waals surface area contributed by atoms with Crippen LogP contribution in [0.2, 0.25) is 0 Å². The summed E-state index contributed by atoms with van der Waals surface area (Å²) in [6, 6.07) is 0. The number of carbonyl (C=O) groups is 1. The lowest BCUT2D eigenvalue weighted by atomic mass is 10.4. The van der Waals surface area contributed by atoms with E-state index in [4.69, 9.17) is 4.52 Å². The first-order valence-corrected chi connectivity index (χ1v) is 4.59. The average molecular weight is 219 g/mol. The van der Waals surface area contributed by atoms with Gasteiger partial charge in [-0.15, -0.1) is 0 Å². The van der Waals surface area contributed by atoms with Gasteiger partial charge in [0, 0.05) is 12.4 Å². The van der Waals surface area contributed by atoms with Gasteiger partial charge >= 0.3 is 0 Å². The molecular formula is C9H9N5O2. The number of nitrogens with one attached hydrogen (secondary N) is 1. The Balaban J connectivity index is 1.94. The molecule has 2 heterocycles. The summed E-state index contributed by atoms with van der Waals surface area (Å²) in [5.74, 6) is 0.558. The maximum atomic E-state index is 11.5. The molecule has 1 amide bonds. The minimum Gasteiger partial charge on any atom is -0.342 e. The first-order valence-electron chi connectivity index (χ1n) is 4.59. The van der Waals surface area contributed by atoms with Gasteiger partial charge in [-0.2, -0.15) is 4.98 Å². The van der Waals surface area contributed by atoms with E-state index in [0.29, 0.717) is 11.7 Å². The zero-order valence-corrected chi connectivity index (χ0v) is 8.54. The van der Waals surface area contributed by atoms with Crippen LogP contribution in [0.4, 0.5) is 0 Å². The molecule has 2 aromatic rings. The van der Waals surface area contributed by atoms with Crippen LogP contribution in [0.25, 0.3) is 0 Å². The highest BCUT2D eigenvalue weighted by molar-refractivity contribution is 5.91. The van der Waals surface area contributed by atoms with Crippen LogP contribution < -0.4 is 5.32 Å². The molecule has 0 atom stereocenters. The Bertz CT molecular complexity index is 482. The van der Waals surface area contributed by atoms with Crippen molar-refractivity contribution in [2.45, 2.75) is 13.5 Å². The number of amides is 1. The molecule has 0 bridgehead atoms. The summed E-state index contributed by atoms with van der Waals surface area (Å²) in [5.41, 5.74) is 0.249. The topological polar surface area (TPSA) is 93.8 Å². The summed E-state index contributed by atoms with van der Waals surface area (Å²) in [7, 11) is 0. The van der Waals surface area contributed by atoms with Gasteiger partial charge < -0.3 is 9.84 Å². The Hall–Kier alpha value is -2.31. The third kappa shape index (κ3) is 2.38. The van der Waals surface area contributed by atoms with Crippen molar-refractivity contribution in [1.82, 2.24) is 25.4 Å². The van der Waals surface area contributed by atoms with Crippen LogP contribution in [-0.4, -0.2) is 26.0 Å². The number of aryl methyl sites for hydroxylation is 1. The van der Waals surface area contributed by atoms with Crippen LogP contribution in [0, 0.1) is 6.92 Å². The van der Waals surface area contributed by atoms with Crippen molar-refractivity contribution < 1.29 is 9.32 Å². The van der Waals surface area contributed by atoms with Crippen LogP contribution in [0.5, 0.6) is 0 Å². The second-order valence-corrected chi connectivity index (χ2v) is 3.01. The van der Waals surface area contributed by atoms with Gasteiger partial charge in [0.2, 0.25) is 5.89 Å². The van der Waals surface area contributed by atoms with Crippen molar-refractivity contribution in [3.63, 3.8) is 0 Å². The fourth-order valence-electron chi connectivity index (χ4n) is 1.07. The number of carbonyl (C=O) groups excluding carboxylic acids is 1. The highest BCUT2D eigenvalue weighted by Crippen LogP contribution is 1.96. The van der Waals surface area contributed by atoms with E-state index in [0.717, 1.165) is 0 Å². The molecule has 0 saturated heterocycles. The highest BCUT2D eigenvalue weighted by Gasteiger charge is 2.08. The molecular weight excluding hydrogens is 210 g/mol. The predicted octanol–water partition coefficient (Wildman–Crippen LogP) is 0.0980. The molecule has 2 aromatic heterocycles. The van der Waals surface area contributed by atoms with Crippen LogP contribution in [0.1, 0.15) is 22.2 Å². The van der Waals surface area contributed by atoms with E-state index < -0.39 is 0 Å². The van der Waals surface area contributed by atoms with E-state index in [1.54, 1.807) is 6.92 Å². The van der Waals surface area contributed by atoms with E-state index in [9.17, 15) is 4.79 Å². The molecule has 16 heavy (non-hydrogen) atoms. The SMILES string of the molecule is Cc1noc(CNC(=O)c2cnccn2)n1. The lowest BCUT2D eigenvalue weighted by Gasteiger charge is -1.99. The van der Waals surface area contributed by atoms with Gasteiger partial charge in [0.05, 0.1) is 12.7 Å². The standard InChI is InChI=1S/C9H9N5O2/c1-6-13-8(16-14-6)5-12-9(15)7-4-10-2-3-11-7/h2-4H,5H2,1H3,(H,12,15). The normalized spacial score (nSPS) is 10.1. The van der Waals surface area contributed by atoms with E-state index in [1.165, 1.54) is 18.6 Å². The van der Waals surface area contributed by atoms with E-state index in [-0.39, 0.29) is 18.1 Å². The van der Waals surface area contributed by atoms with Gasteiger partial charge in [-0.05, 0) is 6.92 Å². The molecule has 0 fully saturated rings. The minimum atomic E-state index is -0.330. The van der Waals surface area contributed by atoms with Crippen molar-refractivity contribution in [2.24, 2.45) is 0 Å². The average Bonchev–Trinajstić information content (AvgIpc) is 2.73. The second kappa shape index (κ2) is 4.47. The fraction of sp³-hybridized carbons (Fsp3) is 0.222. The second-order valence-electron chi connectivity index (χ2n) is 3.01. The van der Waals surface area contributed by atoms with Crippen molar-refractivity contribution >= 4 is 5.91 Å². The van der Waals surface area contributed by atoms with E-state index in [1.807, 2.05) is 0 Å². The number of hydrogen-bond donors (Lipinski definition) is 1. The fourth-order valence-corrected chi connectivity index (χ4v) is 1.07. The maximum absolute atomic E-state index is 11.5. The van der Waals surface area contributed by atoms with E-state index in [2.05, 4.69) is 25.4 Å². The van der Waals surface area contributed by atoms with Gasteiger partial charge in [0.1, 0.15) is 5.69 Å². The van der Waals surface area contributed by atoms with Crippen molar-refractivity contribution in [3.05, 3.63) is 36.0 Å². The minimum absolute atomic E-state index is 0.177. The Kier molecular flexibility index (Phi) is 2.86. The van der Waals surface area contributed by atoms with Gasteiger partial charge in [-0.1, -0.05) is 5.16 Å². The summed E-state index contributed by atoms with van der Waals surface area (Å²) >= 11 is 0. The number of hydrogen-bond acceptors (Lipinski definition) is 6. The monoisotopic (exact) mass is 219 g/mol. The van der Waals surface area contributed by atoms with Crippen LogP contribution in [0.3, 0.4) is 0 Å². The van der Waals surface area contributed by atoms with Crippen LogP contribution in [-0.2, 0) is 6.54 Å². The Morgan fingerprint density at radius 3 is 3.00 bits per heavy atom. The van der Waals surface area contributed by atoms with Gasteiger partial charge in [-0.25, -0.2) is 4.98 Å². The van der Waals surface area contributed by atoms with Gasteiger partial charge in [0.15, 0.2) is 5.82 Å². The lowest BCUT2D eigenvalue weighted by Crippen LogP contribution is -2.24. The maximum Gasteiger partial charge on any atom is 0.271 e. The molecule has 0 saturated carbocycles. The smallest absolute Gasteiger partial charge is 0.271 e. The Labute approximate surface area is 90.9 Å². The van der Waals surface area contributed by atoms with E-state index >= 15 is 0 Å². The highest BCUT2D eigenvalue weighted by atomic mass is 16.5. The molecule has 82 valence electrons. The third-order valence-corrected chi connectivity index (χ3v) is 1.77. The predicted molar refractivity (Wildman–Crippen MR) is 52.2 cm³/mol. The molecule has 0 unspecified atom stereocenters. The zero-order valence-electron chi connectivity index (χ0n) is 8.54. The summed E-state index contributed by atoms with van der Waals surface area (Å²) in [6.07, 6.45) is 4.33. The summed E-state index contributed by atoms with van der Waals surface area (Å²) in [6.45, 7) is 1.88. The number of rotatable bonds is 3. The Morgan fingerprint density at radius 2 is 2.38 bits per heavy atom. The Morgan fingerprint density at radius 1 is 1.50 bits per heavy atom. The van der Waals surface area contributed by atoms with Gasteiger partial charge in [-0.3, -0.25) is 9.78 Å². The van der Waals surface area contributed by atoms with Crippen LogP contribution in [0.15, 0.2) is 23.1 Å². The molecule has 0 aliphatic heterocycles. The van der Waals surface area contributed by atoms with Crippen molar-refractivity contribution in [1.29, 1.82) is 0 Å². The van der Waals surface area contributed by atoms with Crippen LogP contribution >= 0.6 is 0 Å². The summed E-state index contributed by atoms with van der Waals surface area (Å²) < 4.78 is 4.84. The molecule has 0 aromatic carbocycles. The molecule has 7 heteroatoms. The molecule has 0 spiro atoms. The quantitative estimate of drug-likeness (QED) is 0.786.